The summed E-state index contributed by atoms with van der Waals surface area (Å²) in [6.45, 7) is 2.28. The van der Waals surface area contributed by atoms with Crippen molar-refractivity contribution in [2.75, 3.05) is 17.7 Å². The van der Waals surface area contributed by atoms with Gasteiger partial charge in [0.25, 0.3) is 10.1 Å². The predicted octanol–water partition coefficient (Wildman–Crippen LogP) is 3.29. The average Bonchev–Trinajstić information content (AvgIpc) is 2.64. The van der Waals surface area contributed by atoms with Crippen molar-refractivity contribution in [2.45, 2.75) is 25.9 Å². The van der Waals surface area contributed by atoms with E-state index in [1.165, 1.54) is 11.1 Å². The van der Waals surface area contributed by atoms with E-state index in [2.05, 4.69) is 29.2 Å². The van der Waals surface area contributed by atoms with E-state index in [0.29, 0.717) is 6.54 Å². The first-order valence-electron chi connectivity index (χ1n) is 7.75. The van der Waals surface area contributed by atoms with E-state index in [1.807, 2.05) is 24.3 Å². The molecule has 1 atom stereocenters. The number of para-hydroxylation sites is 2. The third kappa shape index (κ3) is 3.74. The van der Waals surface area contributed by atoms with Crippen LogP contribution in [-0.4, -0.2) is 27.3 Å². The molecule has 5 heteroatoms. The molecule has 0 fully saturated rings. The molecule has 0 bridgehead atoms. The normalized spacial score (nSPS) is 15.5. The van der Waals surface area contributed by atoms with Crippen molar-refractivity contribution in [3.63, 3.8) is 0 Å². The van der Waals surface area contributed by atoms with Crippen molar-refractivity contribution in [1.29, 1.82) is 0 Å². The van der Waals surface area contributed by atoms with Gasteiger partial charge in [-0.2, -0.15) is 8.42 Å². The highest BCUT2D eigenvalue weighted by molar-refractivity contribution is 7.86. The quantitative estimate of drug-likeness (QED) is 0.807. The Hall–Kier alpha value is -1.85. The lowest BCUT2D eigenvalue weighted by Crippen LogP contribution is -2.30. The lowest BCUT2D eigenvalue weighted by molar-refractivity contribution is 0.239. The van der Waals surface area contributed by atoms with Crippen LogP contribution in [0.4, 0.5) is 11.4 Å². The maximum absolute atomic E-state index is 11.4. The van der Waals surface area contributed by atoms with Crippen molar-refractivity contribution in [3.05, 3.63) is 59.7 Å². The van der Waals surface area contributed by atoms with Gasteiger partial charge in [0.05, 0.1) is 18.9 Å². The summed E-state index contributed by atoms with van der Waals surface area (Å²) in [5.41, 5.74) is 4.80. The van der Waals surface area contributed by atoms with Gasteiger partial charge in [0.1, 0.15) is 0 Å². The predicted molar refractivity (Wildman–Crippen MR) is 92.7 cm³/mol. The highest BCUT2D eigenvalue weighted by atomic mass is 32.2. The second kappa shape index (κ2) is 6.34. The number of hydrogen-bond donors (Lipinski definition) is 0. The molecule has 1 unspecified atom stereocenters. The van der Waals surface area contributed by atoms with Crippen LogP contribution in [0.15, 0.2) is 48.5 Å². The topological polar surface area (TPSA) is 46.6 Å². The van der Waals surface area contributed by atoms with Gasteiger partial charge in [-0.1, -0.05) is 36.4 Å². The Morgan fingerprint density at radius 1 is 1.00 bits per heavy atom. The smallest absolute Gasteiger partial charge is 0.264 e. The molecule has 122 valence electrons. The molecule has 0 spiro atoms. The SMILES string of the molecule is CC(CN1c2ccccc2CCc2ccccc21)OS(C)(=O)=O. The number of hydrogen-bond acceptors (Lipinski definition) is 4. The number of rotatable bonds is 4. The summed E-state index contributed by atoms with van der Waals surface area (Å²) in [7, 11) is -3.46. The highest BCUT2D eigenvalue weighted by Crippen LogP contribution is 2.36. The zero-order valence-electron chi connectivity index (χ0n) is 13.4. The van der Waals surface area contributed by atoms with Crippen LogP contribution in [0.2, 0.25) is 0 Å². The minimum atomic E-state index is -3.46. The molecule has 0 radical (unpaired) electrons. The maximum atomic E-state index is 11.4. The van der Waals surface area contributed by atoms with Crippen molar-refractivity contribution in [2.24, 2.45) is 0 Å². The van der Waals surface area contributed by atoms with Gasteiger partial charge in [0.2, 0.25) is 0 Å². The number of anilines is 2. The van der Waals surface area contributed by atoms with Crippen LogP contribution in [0.5, 0.6) is 0 Å². The first-order valence-corrected chi connectivity index (χ1v) is 9.57. The molecular weight excluding hydrogens is 310 g/mol. The standard InChI is InChI=1S/C18H21NO3S/c1-14(22-23(2,20)21)13-19-17-9-5-3-7-15(17)11-12-16-8-4-6-10-18(16)19/h3-10,14H,11-13H2,1-2H3. The van der Waals surface area contributed by atoms with E-state index in [1.54, 1.807) is 6.92 Å². The third-order valence-corrected chi connectivity index (χ3v) is 4.69. The molecule has 1 aliphatic heterocycles. The maximum Gasteiger partial charge on any atom is 0.264 e. The van der Waals surface area contributed by atoms with E-state index in [4.69, 9.17) is 4.18 Å². The van der Waals surface area contributed by atoms with Crippen LogP contribution >= 0.6 is 0 Å². The number of aryl methyl sites for hydroxylation is 2. The molecule has 0 saturated heterocycles. The molecule has 2 aromatic carbocycles. The molecular formula is C18H21NO3S. The minimum Gasteiger partial charge on any atom is -0.338 e. The second-order valence-corrected chi connectivity index (χ2v) is 7.58. The van der Waals surface area contributed by atoms with Crippen molar-refractivity contribution in [3.8, 4) is 0 Å². The summed E-state index contributed by atoms with van der Waals surface area (Å²) in [5.74, 6) is 0. The molecule has 2 aromatic rings. The van der Waals surface area contributed by atoms with E-state index < -0.39 is 16.2 Å². The Morgan fingerprint density at radius 2 is 1.48 bits per heavy atom. The lowest BCUT2D eigenvalue weighted by atomic mass is 10.0. The van der Waals surface area contributed by atoms with Gasteiger partial charge in [-0.25, -0.2) is 0 Å². The zero-order chi connectivity index (χ0) is 16.4. The molecule has 1 heterocycles. The molecule has 0 aromatic heterocycles. The van der Waals surface area contributed by atoms with Crippen LogP contribution in [0, 0.1) is 0 Å². The van der Waals surface area contributed by atoms with Crippen molar-refractivity contribution in [1.82, 2.24) is 0 Å². The molecule has 0 N–H and O–H groups in total. The first kappa shape index (κ1) is 16.0. The Bertz CT molecular complexity index is 754. The Labute approximate surface area is 137 Å². The van der Waals surface area contributed by atoms with Crippen LogP contribution in [0.1, 0.15) is 18.1 Å². The monoisotopic (exact) mass is 331 g/mol. The van der Waals surface area contributed by atoms with Crippen LogP contribution in [-0.2, 0) is 27.1 Å². The van der Waals surface area contributed by atoms with Gasteiger partial charge >= 0.3 is 0 Å². The fourth-order valence-corrected chi connectivity index (χ4v) is 3.81. The molecule has 1 aliphatic rings. The fraction of sp³-hybridized carbons (Fsp3) is 0.333. The second-order valence-electron chi connectivity index (χ2n) is 5.98. The summed E-state index contributed by atoms with van der Waals surface area (Å²) in [6, 6.07) is 16.6. The lowest BCUT2D eigenvalue weighted by Gasteiger charge is -2.29. The Kier molecular flexibility index (Phi) is 4.41. The summed E-state index contributed by atoms with van der Waals surface area (Å²) in [6.07, 6.45) is 2.62. The molecule has 0 aliphatic carbocycles. The van der Waals surface area contributed by atoms with E-state index in [9.17, 15) is 8.42 Å². The van der Waals surface area contributed by atoms with Crippen LogP contribution in [0.3, 0.4) is 0 Å². The highest BCUT2D eigenvalue weighted by Gasteiger charge is 2.23. The molecule has 3 rings (SSSR count). The largest absolute Gasteiger partial charge is 0.338 e. The summed E-state index contributed by atoms with van der Waals surface area (Å²) >= 11 is 0. The summed E-state index contributed by atoms with van der Waals surface area (Å²) in [5, 5.41) is 0. The third-order valence-electron chi connectivity index (χ3n) is 4.01. The molecule has 0 amide bonds. The Balaban J connectivity index is 2.00. The number of fused-ring (bicyclic) bond motifs is 2. The van der Waals surface area contributed by atoms with Gasteiger partial charge in [0.15, 0.2) is 0 Å². The van der Waals surface area contributed by atoms with Crippen LogP contribution < -0.4 is 4.90 Å². The average molecular weight is 331 g/mol. The van der Waals surface area contributed by atoms with Crippen molar-refractivity contribution < 1.29 is 12.6 Å². The Morgan fingerprint density at radius 3 is 1.96 bits per heavy atom. The van der Waals surface area contributed by atoms with E-state index in [0.717, 1.165) is 30.5 Å². The fourth-order valence-electron chi connectivity index (χ4n) is 3.15. The van der Waals surface area contributed by atoms with Gasteiger partial charge in [-0.05, 0) is 43.0 Å². The van der Waals surface area contributed by atoms with Gasteiger partial charge < -0.3 is 4.90 Å². The summed E-state index contributed by atoms with van der Waals surface area (Å²) < 4.78 is 27.9. The first-order chi connectivity index (χ1) is 10.9. The molecule has 23 heavy (non-hydrogen) atoms. The van der Waals surface area contributed by atoms with Crippen LogP contribution in [0.25, 0.3) is 0 Å². The summed E-state index contributed by atoms with van der Waals surface area (Å²) in [4.78, 5) is 2.17. The van der Waals surface area contributed by atoms with E-state index in [-0.39, 0.29) is 0 Å². The molecule has 0 saturated carbocycles. The number of nitrogens with zero attached hydrogens (tertiary/aromatic N) is 1. The van der Waals surface area contributed by atoms with Crippen molar-refractivity contribution >= 4 is 21.5 Å². The zero-order valence-corrected chi connectivity index (χ0v) is 14.2. The van der Waals surface area contributed by atoms with Gasteiger partial charge in [-0.3, -0.25) is 4.18 Å². The van der Waals surface area contributed by atoms with Gasteiger partial charge in [-0.15, -0.1) is 0 Å². The minimum absolute atomic E-state index is 0.427. The van der Waals surface area contributed by atoms with E-state index >= 15 is 0 Å². The van der Waals surface area contributed by atoms with Gasteiger partial charge in [0, 0.05) is 11.4 Å². The number of benzene rings is 2. The molecule has 4 nitrogen and oxygen atoms in total.